The van der Waals surface area contributed by atoms with Gasteiger partial charge in [-0.1, -0.05) is 12.1 Å². The lowest BCUT2D eigenvalue weighted by atomic mass is 10.1. The van der Waals surface area contributed by atoms with Crippen LogP contribution in [0.2, 0.25) is 0 Å². The standard InChI is InChI=1S/C18H17NO6/c1-23-16-11-18(25-3)17(24-2)10-13(16)7-8-15(20)12-5-4-6-14(9-12)19(21)22/h4-11H,1-3H3/b8-7+. The highest BCUT2D eigenvalue weighted by Crippen LogP contribution is 2.35. The number of carbonyl (C=O) groups excluding carboxylic acids is 1. The number of nitro benzene ring substituents is 1. The van der Waals surface area contributed by atoms with Crippen molar-refractivity contribution in [3.8, 4) is 17.2 Å². The number of non-ortho nitro benzene ring substituents is 1. The van der Waals surface area contributed by atoms with E-state index in [-0.39, 0.29) is 17.0 Å². The lowest BCUT2D eigenvalue weighted by Crippen LogP contribution is -1.97. The Bertz CT molecular complexity index is 828. The van der Waals surface area contributed by atoms with Gasteiger partial charge in [-0.3, -0.25) is 14.9 Å². The zero-order valence-corrected chi connectivity index (χ0v) is 14.0. The van der Waals surface area contributed by atoms with Gasteiger partial charge in [-0.15, -0.1) is 0 Å². The van der Waals surface area contributed by atoms with Gasteiger partial charge in [0.25, 0.3) is 5.69 Å². The number of hydrogen-bond donors (Lipinski definition) is 0. The van der Waals surface area contributed by atoms with E-state index in [9.17, 15) is 14.9 Å². The van der Waals surface area contributed by atoms with Gasteiger partial charge in [0.2, 0.25) is 0 Å². The molecule has 0 heterocycles. The van der Waals surface area contributed by atoms with E-state index in [0.29, 0.717) is 22.8 Å². The van der Waals surface area contributed by atoms with E-state index < -0.39 is 4.92 Å². The second kappa shape index (κ2) is 7.96. The predicted octanol–water partition coefficient (Wildman–Crippen LogP) is 3.52. The van der Waals surface area contributed by atoms with Crippen molar-refractivity contribution < 1.29 is 23.9 Å². The predicted molar refractivity (Wildman–Crippen MR) is 92.6 cm³/mol. The quantitative estimate of drug-likeness (QED) is 0.331. The Morgan fingerprint density at radius 2 is 1.64 bits per heavy atom. The minimum atomic E-state index is -0.544. The topological polar surface area (TPSA) is 87.9 Å². The van der Waals surface area contributed by atoms with E-state index in [1.807, 2.05) is 0 Å². The van der Waals surface area contributed by atoms with Gasteiger partial charge < -0.3 is 14.2 Å². The number of nitrogens with zero attached hydrogens (tertiary/aromatic N) is 1. The minimum absolute atomic E-state index is 0.136. The van der Waals surface area contributed by atoms with Crippen LogP contribution in [0.4, 0.5) is 5.69 Å². The number of hydrogen-bond acceptors (Lipinski definition) is 6. The molecule has 0 spiro atoms. The number of nitro groups is 1. The SMILES string of the molecule is COc1cc(OC)c(OC)cc1/C=C/C(=O)c1cccc([N+](=O)[O-])c1. The molecule has 0 N–H and O–H groups in total. The molecule has 0 saturated heterocycles. The monoisotopic (exact) mass is 343 g/mol. The Labute approximate surface area is 144 Å². The summed E-state index contributed by atoms with van der Waals surface area (Å²) in [4.78, 5) is 22.5. The van der Waals surface area contributed by atoms with E-state index in [4.69, 9.17) is 14.2 Å². The summed E-state index contributed by atoms with van der Waals surface area (Å²) in [6, 6.07) is 8.88. The fraction of sp³-hybridized carbons (Fsp3) is 0.167. The highest BCUT2D eigenvalue weighted by molar-refractivity contribution is 6.07. The van der Waals surface area contributed by atoms with Crippen LogP contribution >= 0.6 is 0 Å². The summed E-state index contributed by atoms with van der Waals surface area (Å²) in [7, 11) is 4.52. The highest BCUT2D eigenvalue weighted by atomic mass is 16.6. The number of benzene rings is 2. The Morgan fingerprint density at radius 3 is 2.24 bits per heavy atom. The van der Waals surface area contributed by atoms with Crippen LogP contribution in [0.5, 0.6) is 17.2 Å². The van der Waals surface area contributed by atoms with Crippen molar-refractivity contribution in [3.63, 3.8) is 0 Å². The van der Waals surface area contributed by atoms with Gasteiger partial charge in [-0.05, 0) is 18.2 Å². The lowest BCUT2D eigenvalue weighted by molar-refractivity contribution is -0.384. The van der Waals surface area contributed by atoms with Gasteiger partial charge in [0, 0.05) is 29.3 Å². The maximum atomic E-state index is 12.3. The summed E-state index contributed by atoms with van der Waals surface area (Å²) in [6.45, 7) is 0. The molecule has 0 fully saturated rings. The summed E-state index contributed by atoms with van der Waals surface area (Å²) in [6.07, 6.45) is 2.88. The second-order valence-corrected chi connectivity index (χ2v) is 4.95. The van der Waals surface area contributed by atoms with Crippen LogP contribution in [0.15, 0.2) is 42.5 Å². The third-order valence-corrected chi connectivity index (χ3v) is 3.49. The van der Waals surface area contributed by atoms with Crippen LogP contribution in [0, 0.1) is 10.1 Å². The molecule has 0 atom stereocenters. The van der Waals surface area contributed by atoms with Crippen molar-refractivity contribution in [1.29, 1.82) is 0 Å². The van der Waals surface area contributed by atoms with Crippen LogP contribution in [0.3, 0.4) is 0 Å². The van der Waals surface area contributed by atoms with Crippen LogP contribution in [-0.4, -0.2) is 32.0 Å². The Morgan fingerprint density at radius 1 is 1.00 bits per heavy atom. The molecular weight excluding hydrogens is 326 g/mol. The van der Waals surface area contributed by atoms with E-state index >= 15 is 0 Å². The maximum absolute atomic E-state index is 12.3. The summed E-state index contributed by atoms with van der Waals surface area (Å²) in [5.41, 5.74) is 0.701. The maximum Gasteiger partial charge on any atom is 0.270 e. The van der Waals surface area contributed by atoms with Gasteiger partial charge in [-0.25, -0.2) is 0 Å². The molecule has 0 radical (unpaired) electrons. The average molecular weight is 343 g/mol. The van der Waals surface area contributed by atoms with Crippen LogP contribution in [0.25, 0.3) is 6.08 Å². The van der Waals surface area contributed by atoms with E-state index in [1.165, 1.54) is 51.7 Å². The largest absolute Gasteiger partial charge is 0.496 e. The molecule has 0 saturated carbocycles. The number of ketones is 1. The molecule has 130 valence electrons. The zero-order chi connectivity index (χ0) is 18.4. The minimum Gasteiger partial charge on any atom is -0.496 e. The van der Waals surface area contributed by atoms with Gasteiger partial charge in [-0.2, -0.15) is 0 Å². The second-order valence-electron chi connectivity index (χ2n) is 4.95. The van der Waals surface area contributed by atoms with Crippen molar-refractivity contribution >= 4 is 17.5 Å². The third kappa shape index (κ3) is 4.14. The van der Waals surface area contributed by atoms with Gasteiger partial charge in [0.1, 0.15) is 5.75 Å². The van der Waals surface area contributed by atoms with Gasteiger partial charge >= 0.3 is 0 Å². The van der Waals surface area contributed by atoms with Crippen LogP contribution < -0.4 is 14.2 Å². The molecule has 0 amide bonds. The van der Waals surface area contributed by atoms with E-state index in [1.54, 1.807) is 18.2 Å². The number of allylic oxidation sites excluding steroid dienone is 1. The molecule has 25 heavy (non-hydrogen) atoms. The number of carbonyl (C=O) groups is 1. The molecule has 0 bridgehead atoms. The fourth-order valence-electron chi connectivity index (χ4n) is 2.22. The molecule has 0 unspecified atom stereocenters. The molecule has 2 aromatic rings. The lowest BCUT2D eigenvalue weighted by Gasteiger charge is -2.12. The molecule has 7 nitrogen and oxygen atoms in total. The van der Waals surface area contributed by atoms with Crippen molar-refractivity contribution in [2.24, 2.45) is 0 Å². The fourth-order valence-corrected chi connectivity index (χ4v) is 2.22. The Hall–Kier alpha value is -3.35. The summed E-state index contributed by atoms with van der Waals surface area (Å²) >= 11 is 0. The molecule has 2 rings (SSSR count). The summed E-state index contributed by atoms with van der Waals surface area (Å²) in [5.74, 6) is 1.13. The molecule has 2 aromatic carbocycles. The molecule has 0 aromatic heterocycles. The van der Waals surface area contributed by atoms with Crippen LogP contribution in [-0.2, 0) is 0 Å². The number of methoxy groups -OCH3 is 3. The first-order valence-corrected chi connectivity index (χ1v) is 7.27. The van der Waals surface area contributed by atoms with E-state index in [2.05, 4.69) is 0 Å². The van der Waals surface area contributed by atoms with Crippen LogP contribution in [0.1, 0.15) is 15.9 Å². The zero-order valence-electron chi connectivity index (χ0n) is 14.0. The molecular formula is C18H17NO6. The normalized spacial score (nSPS) is 10.5. The first-order valence-electron chi connectivity index (χ1n) is 7.27. The van der Waals surface area contributed by atoms with E-state index in [0.717, 1.165) is 0 Å². The average Bonchev–Trinajstić information content (AvgIpc) is 2.65. The van der Waals surface area contributed by atoms with Gasteiger partial charge in [0.05, 0.1) is 26.3 Å². The van der Waals surface area contributed by atoms with Crippen molar-refractivity contribution in [3.05, 3.63) is 63.7 Å². The Kier molecular flexibility index (Phi) is 5.73. The Balaban J connectivity index is 2.33. The molecule has 7 heteroatoms. The van der Waals surface area contributed by atoms with Gasteiger partial charge in [0.15, 0.2) is 17.3 Å². The van der Waals surface area contributed by atoms with Crippen molar-refractivity contribution in [1.82, 2.24) is 0 Å². The summed E-state index contributed by atoms with van der Waals surface area (Å²) < 4.78 is 15.7. The molecule has 0 aliphatic rings. The molecule has 0 aliphatic carbocycles. The van der Waals surface area contributed by atoms with Crippen molar-refractivity contribution in [2.45, 2.75) is 0 Å². The highest BCUT2D eigenvalue weighted by Gasteiger charge is 2.12. The first kappa shape index (κ1) is 18.0. The molecule has 0 aliphatic heterocycles. The number of rotatable bonds is 7. The first-order chi connectivity index (χ1) is 12.0. The number of ether oxygens (including phenoxy) is 3. The third-order valence-electron chi connectivity index (χ3n) is 3.49. The van der Waals surface area contributed by atoms with Crippen molar-refractivity contribution in [2.75, 3.05) is 21.3 Å². The summed E-state index contributed by atoms with van der Waals surface area (Å²) in [5, 5.41) is 10.8. The smallest absolute Gasteiger partial charge is 0.270 e.